The Morgan fingerprint density at radius 3 is 2.37 bits per heavy atom. The lowest BCUT2D eigenvalue weighted by molar-refractivity contribution is -0.117. The predicted octanol–water partition coefficient (Wildman–Crippen LogP) is 3.30. The van der Waals surface area contributed by atoms with Crippen molar-refractivity contribution in [2.45, 2.75) is 13.8 Å². The number of aromatic hydroxyl groups is 1. The number of rotatable bonds is 5. The van der Waals surface area contributed by atoms with Crippen LogP contribution in [0.5, 0.6) is 5.75 Å². The summed E-state index contributed by atoms with van der Waals surface area (Å²) in [6.07, 6.45) is 1.42. The monoisotopic (exact) mass is 477 g/mol. The summed E-state index contributed by atoms with van der Waals surface area (Å²) in [6, 6.07) is 12.5. The van der Waals surface area contributed by atoms with E-state index in [4.69, 9.17) is 0 Å². The van der Waals surface area contributed by atoms with Gasteiger partial charge in [-0.05, 0) is 78.9 Å². The number of nitrogens with one attached hydrogen (secondary N) is 1. The zero-order valence-corrected chi connectivity index (χ0v) is 17.2. The van der Waals surface area contributed by atoms with Crippen molar-refractivity contribution in [3.63, 3.8) is 0 Å². The highest BCUT2D eigenvalue weighted by molar-refractivity contribution is 14.1. The molecule has 1 aliphatic heterocycles. The summed E-state index contributed by atoms with van der Waals surface area (Å²) in [4.78, 5) is 27.1. The average Bonchev–Trinajstić information content (AvgIpc) is 2.93. The number of hydrogen-bond donors (Lipinski definition) is 2. The van der Waals surface area contributed by atoms with Crippen molar-refractivity contribution in [2.24, 2.45) is 0 Å². The molecule has 0 saturated carbocycles. The van der Waals surface area contributed by atoms with E-state index in [2.05, 4.69) is 32.9 Å². The number of carbonyl (C=O) groups excluding carboxylic acids is 2. The molecule has 1 heterocycles. The van der Waals surface area contributed by atoms with Gasteiger partial charge in [0.15, 0.2) is 0 Å². The van der Waals surface area contributed by atoms with E-state index in [9.17, 15) is 14.7 Å². The molecule has 27 heavy (non-hydrogen) atoms. The van der Waals surface area contributed by atoms with Crippen LogP contribution in [0.1, 0.15) is 19.4 Å². The molecule has 0 aliphatic carbocycles. The fraction of sp³-hybridized carbons (Fsp3) is 0.200. The number of carbonyl (C=O) groups is 2. The molecule has 1 fully saturated rings. The molecule has 6 nitrogen and oxygen atoms in total. The number of hydrogen-bond acceptors (Lipinski definition) is 4. The van der Waals surface area contributed by atoms with Crippen molar-refractivity contribution in [3.05, 3.63) is 57.2 Å². The highest BCUT2D eigenvalue weighted by Crippen LogP contribution is 2.28. The van der Waals surface area contributed by atoms with Gasteiger partial charge in [0.25, 0.3) is 11.8 Å². The molecule has 0 radical (unpaired) electrons. The molecular weight excluding hydrogens is 457 g/mol. The first kappa shape index (κ1) is 19.2. The molecule has 0 aromatic heterocycles. The molecule has 3 rings (SSSR count). The Balaban J connectivity index is 1.89. The zero-order valence-electron chi connectivity index (χ0n) is 15.1. The molecule has 2 aromatic carbocycles. The SMILES string of the molecule is CCN(CC)c1ccc(/C=C2\C(=O)NN(c3ccc(I)cc3)C2=O)c(O)c1. The average molecular weight is 477 g/mol. The van der Waals surface area contributed by atoms with Gasteiger partial charge in [0.2, 0.25) is 0 Å². The third-order valence-electron chi connectivity index (χ3n) is 4.42. The van der Waals surface area contributed by atoms with Crippen LogP contribution in [0.25, 0.3) is 6.08 Å². The number of benzene rings is 2. The van der Waals surface area contributed by atoms with Gasteiger partial charge in [-0.1, -0.05) is 0 Å². The molecule has 0 unspecified atom stereocenters. The van der Waals surface area contributed by atoms with Gasteiger partial charge in [-0.15, -0.1) is 0 Å². The van der Waals surface area contributed by atoms with Gasteiger partial charge in [-0.3, -0.25) is 15.0 Å². The molecule has 140 valence electrons. The van der Waals surface area contributed by atoms with Crippen LogP contribution in [0.15, 0.2) is 48.0 Å². The minimum Gasteiger partial charge on any atom is -0.507 e. The highest BCUT2D eigenvalue weighted by Gasteiger charge is 2.34. The normalized spacial score (nSPS) is 15.4. The molecule has 7 heteroatoms. The summed E-state index contributed by atoms with van der Waals surface area (Å²) in [5, 5.41) is 11.6. The number of hydrazine groups is 1. The van der Waals surface area contributed by atoms with Gasteiger partial charge in [0, 0.05) is 34.0 Å². The smallest absolute Gasteiger partial charge is 0.282 e. The third kappa shape index (κ3) is 3.92. The summed E-state index contributed by atoms with van der Waals surface area (Å²) in [6.45, 7) is 5.72. The van der Waals surface area contributed by atoms with Crippen molar-refractivity contribution in [1.29, 1.82) is 0 Å². The van der Waals surface area contributed by atoms with E-state index in [1.807, 2.05) is 32.0 Å². The van der Waals surface area contributed by atoms with Crippen molar-refractivity contribution in [1.82, 2.24) is 5.43 Å². The lowest BCUT2D eigenvalue weighted by atomic mass is 10.1. The number of amides is 2. The van der Waals surface area contributed by atoms with E-state index in [1.54, 1.807) is 24.3 Å². The first-order valence-electron chi connectivity index (χ1n) is 8.65. The van der Waals surface area contributed by atoms with Crippen molar-refractivity contribution in [2.75, 3.05) is 23.0 Å². The van der Waals surface area contributed by atoms with E-state index in [0.29, 0.717) is 11.3 Å². The van der Waals surface area contributed by atoms with E-state index >= 15 is 0 Å². The molecule has 2 aromatic rings. The standard InChI is InChI=1S/C20H20IN3O3/c1-3-23(4-2)16-8-5-13(18(25)12-16)11-17-19(26)22-24(20(17)27)15-9-6-14(21)7-10-15/h5-12,25H,3-4H2,1-2H3,(H,22,26)/b17-11+. The van der Waals surface area contributed by atoms with Crippen LogP contribution in [0, 0.1) is 3.57 Å². The summed E-state index contributed by atoms with van der Waals surface area (Å²) < 4.78 is 1.03. The fourth-order valence-corrected chi connectivity index (χ4v) is 3.28. The minimum atomic E-state index is -0.495. The molecule has 1 saturated heterocycles. The van der Waals surface area contributed by atoms with Crippen LogP contribution in [0.4, 0.5) is 11.4 Å². The molecule has 1 aliphatic rings. The lowest BCUT2D eigenvalue weighted by Gasteiger charge is -2.21. The van der Waals surface area contributed by atoms with E-state index < -0.39 is 11.8 Å². The predicted molar refractivity (Wildman–Crippen MR) is 114 cm³/mol. The summed E-state index contributed by atoms with van der Waals surface area (Å²) in [7, 11) is 0. The molecule has 0 bridgehead atoms. The maximum atomic E-state index is 12.7. The second-order valence-corrected chi connectivity index (χ2v) is 7.28. The topological polar surface area (TPSA) is 72.9 Å². The van der Waals surface area contributed by atoms with Gasteiger partial charge < -0.3 is 10.0 Å². The molecule has 2 amide bonds. The Kier molecular flexibility index (Phi) is 5.69. The Morgan fingerprint density at radius 1 is 1.11 bits per heavy atom. The van der Waals surface area contributed by atoms with Crippen molar-refractivity contribution < 1.29 is 14.7 Å². The van der Waals surface area contributed by atoms with Crippen LogP contribution >= 0.6 is 22.6 Å². The number of anilines is 2. The second kappa shape index (κ2) is 7.99. The quantitative estimate of drug-likeness (QED) is 0.394. The first-order chi connectivity index (χ1) is 12.9. The summed E-state index contributed by atoms with van der Waals surface area (Å²) >= 11 is 2.17. The number of halogens is 1. The Labute approximate surface area is 171 Å². The Bertz CT molecular complexity index is 905. The second-order valence-electron chi connectivity index (χ2n) is 6.03. The number of nitrogens with zero attached hydrogens (tertiary/aromatic N) is 2. The maximum Gasteiger partial charge on any atom is 0.282 e. The molecule has 0 spiro atoms. The molecule has 0 atom stereocenters. The van der Waals surface area contributed by atoms with Crippen LogP contribution < -0.4 is 15.3 Å². The Morgan fingerprint density at radius 2 is 1.78 bits per heavy atom. The first-order valence-corrected chi connectivity index (χ1v) is 9.73. The number of phenols is 1. The lowest BCUT2D eigenvalue weighted by Crippen LogP contribution is -2.35. The number of phenolic OH excluding ortho intramolecular Hbond substituents is 1. The van der Waals surface area contributed by atoms with Crippen LogP contribution in [0.2, 0.25) is 0 Å². The van der Waals surface area contributed by atoms with E-state index in [-0.39, 0.29) is 11.3 Å². The zero-order chi connectivity index (χ0) is 19.6. The summed E-state index contributed by atoms with van der Waals surface area (Å²) in [5.74, 6) is -0.917. The van der Waals surface area contributed by atoms with Gasteiger partial charge >= 0.3 is 0 Å². The third-order valence-corrected chi connectivity index (χ3v) is 5.14. The van der Waals surface area contributed by atoms with Crippen LogP contribution in [-0.4, -0.2) is 30.0 Å². The minimum absolute atomic E-state index is 0.0144. The van der Waals surface area contributed by atoms with Gasteiger partial charge in [0.1, 0.15) is 11.3 Å². The van der Waals surface area contributed by atoms with Gasteiger partial charge in [0.05, 0.1) is 5.69 Å². The van der Waals surface area contributed by atoms with Crippen LogP contribution in [-0.2, 0) is 9.59 Å². The van der Waals surface area contributed by atoms with E-state index in [1.165, 1.54) is 11.1 Å². The van der Waals surface area contributed by atoms with Gasteiger partial charge in [-0.2, -0.15) is 0 Å². The molecule has 2 N–H and O–H groups in total. The van der Waals surface area contributed by atoms with Gasteiger partial charge in [-0.25, -0.2) is 5.01 Å². The fourth-order valence-electron chi connectivity index (χ4n) is 2.92. The largest absolute Gasteiger partial charge is 0.507 e. The van der Waals surface area contributed by atoms with E-state index in [0.717, 1.165) is 22.3 Å². The Hall–Kier alpha value is -2.55. The van der Waals surface area contributed by atoms with Crippen molar-refractivity contribution in [3.8, 4) is 5.75 Å². The van der Waals surface area contributed by atoms with Crippen LogP contribution in [0.3, 0.4) is 0 Å². The highest BCUT2D eigenvalue weighted by atomic mass is 127. The van der Waals surface area contributed by atoms with Crippen molar-refractivity contribution >= 4 is 51.9 Å². The summed E-state index contributed by atoms with van der Waals surface area (Å²) in [5.41, 5.74) is 4.44. The molecular formula is C20H20IN3O3. The maximum absolute atomic E-state index is 12.7.